The fraction of sp³-hybridized carbons (Fsp3) is 0.526. The summed E-state index contributed by atoms with van der Waals surface area (Å²) in [6.45, 7) is 7.06. The van der Waals surface area contributed by atoms with Gasteiger partial charge in [-0.15, -0.1) is 0 Å². The Morgan fingerprint density at radius 2 is 2.17 bits per heavy atom. The maximum absolute atomic E-state index is 6.31. The first kappa shape index (κ1) is 14.9. The van der Waals surface area contributed by atoms with E-state index in [1.165, 1.54) is 16.8 Å². The van der Waals surface area contributed by atoms with Crippen molar-refractivity contribution in [2.24, 2.45) is 0 Å². The molecule has 4 nitrogen and oxygen atoms in total. The Kier molecular flexibility index (Phi) is 3.95. The van der Waals surface area contributed by atoms with Gasteiger partial charge in [-0.25, -0.2) is 0 Å². The number of rotatable bonds is 4. The summed E-state index contributed by atoms with van der Waals surface area (Å²) in [6, 6.07) is 11.0. The summed E-state index contributed by atoms with van der Waals surface area (Å²) in [7, 11) is 0. The van der Waals surface area contributed by atoms with Gasteiger partial charge in [-0.2, -0.15) is 5.10 Å². The molecule has 23 heavy (non-hydrogen) atoms. The van der Waals surface area contributed by atoms with Crippen molar-refractivity contribution >= 4 is 0 Å². The van der Waals surface area contributed by atoms with Crippen molar-refractivity contribution < 1.29 is 4.74 Å². The molecule has 0 saturated carbocycles. The maximum atomic E-state index is 6.31. The molecule has 2 heterocycles. The third-order valence-electron chi connectivity index (χ3n) is 5.36. The van der Waals surface area contributed by atoms with Gasteiger partial charge in [0.05, 0.1) is 6.61 Å². The van der Waals surface area contributed by atoms with Crippen LogP contribution >= 0.6 is 0 Å². The minimum atomic E-state index is -0.0696. The van der Waals surface area contributed by atoms with E-state index in [0.29, 0.717) is 0 Å². The lowest BCUT2D eigenvalue weighted by molar-refractivity contribution is -0.113. The molecule has 1 aliphatic heterocycles. The van der Waals surface area contributed by atoms with Crippen LogP contribution in [0.5, 0.6) is 0 Å². The van der Waals surface area contributed by atoms with Crippen molar-refractivity contribution in [3.8, 4) is 0 Å². The number of aromatic nitrogens is 2. The first-order valence-electron chi connectivity index (χ1n) is 8.76. The number of morpholine rings is 1. The van der Waals surface area contributed by atoms with Gasteiger partial charge in [0.1, 0.15) is 5.60 Å². The lowest BCUT2D eigenvalue weighted by Gasteiger charge is -2.41. The fourth-order valence-corrected chi connectivity index (χ4v) is 4.14. The van der Waals surface area contributed by atoms with Gasteiger partial charge in [0, 0.05) is 44.5 Å². The quantitative estimate of drug-likeness (QED) is 0.869. The van der Waals surface area contributed by atoms with Gasteiger partial charge in [-0.3, -0.25) is 9.58 Å². The summed E-state index contributed by atoms with van der Waals surface area (Å²) in [6.07, 6.45) is 5.24. The SMILES string of the molecule is CCn1nccc1CCN1CCO[C@]2(CCc3ccccc32)C1. The summed E-state index contributed by atoms with van der Waals surface area (Å²) in [5.74, 6) is 0. The second kappa shape index (κ2) is 6.10. The van der Waals surface area contributed by atoms with Crippen LogP contribution in [0.3, 0.4) is 0 Å². The Hall–Kier alpha value is -1.65. The van der Waals surface area contributed by atoms with Gasteiger partial charge in [0.15, 0.2) is 0 Å². The second-order valence-electron chi connectivity index (χ2n) is 6.66. The number of benzene rings is 1. The highest BCUT2D eigenvalue weighted by Crippen LogP contribution is 2.42. The van der Waals surface area contributed by atoms with Gasteiger partial charge >= 0.3 is 0 Å². The molecule has 2 aromatic rings. The molecule has 1 aliphatic carbocycles. The van der Waals surface area contributed by atoms with E-state index in [1.807, 2.05) is 6.20 Å². The van der Waals surface area contributed by atoms with Crippen LogP contribution in [0.4, 0.5) is 0 Å². The summed E-state index contributed by atoms with van der Waals surface area (Å²) in [5, 5.41) is 4.37. The monoisotopic (exact) mass is 311 g/mol. The van der Waals surface area contributed by atoms with Crippen molar-refractivity contribution in [1.29, 1.82) is 0 Å². The second-order valence-corrected chi connectivity index (χ2v) is 6.66. The molecular formula is C19H25N3O. The Morgan fingerprint density at radius 1 is 1.26 bits per heavy atom. The fourth-order valence-electron chi connectivity index (χ4n) is 4.14. The van der Waals surface area contributed by atoms with E-state index in [2.05, 4.69) is 51.9 Å². The van der Waals surface area contributed by atoms with Crippen LogP contribution in [0.1, 0.15) is 30.2 Å². The van der Waals surface area contributed by atoms with Gasteiger partial charge in [-0.1, -0.05) is 24.3 Å². The molecule has 0 bridgehead atoms. The molecule has 4 rings (SSSR count). The molecule has 4 heteroatoms. The standard InChI is InChI=1S/C19H25N3O/c1-2-22-17(8-11-20-22)9-12-21-13-14-23-19(15-21)10-7-16-5-3-4-6-18(16)19/h3-6,8,11H,2,7,9-10,12-15H2,1H3/t19-/m1/s1. The Morgan fingerprint density at radius 3 is 3.09 bits per heavy atom. The van der Waals surface area contributed by atoms with E-state index < -0.39 is 0 Å². The molecule has 1 fully saturated rings. The zero-order chi connectivity index (χ0) is 15.7. The van der Waals surface area contributed by atoms with Crippen molar-refractivity contribution in [2.45, 2.75) is 38.3 Å². The first-order valence-corrected chi connectivity index (χ1v) is 8.76. The Bertz CT molecular complexity index is 677. The van der Waals surface area contributed by atoms with Crippen LogP contribution in [0.25, 0.3) is 0 Å². The smallest absolute Gasteiger partial charge is 0.106 e. The van der Waals surface area contributed by atoms with E-state index in [0.717, 1.165) is 52.0 Å². The number of hydrogen-bond acceptors (Lipinski definition) is 3. The van der Waals surface area contributed by atoms with Crippen LogP contribution in [0.15, 0.2) is 36.5 Å². The minimum absolute atomic E-state index is 0.0696. The van der Waals surface area contributed by atoms with Crippen LogP contribution in [-0.2, 0) is 29.7 Å². The molecule has 1 spiro atoms. The lowest BCUT2D eigenvalue weighted by Crippen LogP contribution is -2.49. The molecule has 0 N–H and O–H groups in total. The molecule has 122 valence electrons. The number of fused-ring (bicyclic) bond motifs is 2. The molecule has 1 aromatic heterocycles. The number of aryl methyl sites for hydroxylation is 2. The summed E-state index contributed by atoms with van der Waals surface area (Å²) in [4.78, 5) is 2.57. The Balaban J connectivity index is 1.46. The molecule has 0 amide bonds. The third-order valence-corrected chi connectivity index (χ3v) is 5.36. The van der Waals surface area contributed by atoms with E-state index >= 15 is 0 Å². The Labute approximate surface area is 138 Å². The molecular weight excluding hydrogens is 286 g/mol. The van der Waals surface area contributed by atoms with Crippen LogP contribution < -0.4 is 0 Å². The number of ether oxygens (including phenoxy) is 1. The highest BCUT2D eigenvalue weighted by molar-refractivity contribution is 5.38. The molecule has 1 atom stereocenters. The number of hydrogen-bond donors (Lipinski definition) is 0. The average Bonchev–Trinajstić information content (AvgIpc) is 3.19. The molecule has 0 radical (unpaired) electrons. The van der Waals surface area contributed by atoms with Gasteiger partial charge in [0.25, 0.3) is 0 Å². The van der Waals surface area contributed by atoms with Crippen LogP contribution in [0.2, 0.25) is 0 Å². The van der Waals surface area contributed by atoms with Crippen LogP contribution in [0, 0.1) is 0 Å². The van der Waals surface area contributed by atoms with Crippen molar-refractivity contribution in [3.05, 3.63) is 53.3 Å². The maximum Gasteiger partial charge on any atom is 0.106 e. The van der Waals surface area contributed by atoms with Crippen molar-refractivity contribution in [3.63, 3.8) is 0 Å². The molecule has 1 aromatic carbocycles. The molecule has 0 unspecified atom stereocenters. The third kappa shape index (κ3) is 2.70. The van der Waals surface area contributed by atoms with Crippen LogP contribution in [-0.4, -0.2) is 40.9 Å². The van der Waals surface area contributed by atoms with Crippen molar-refractivity contribution in [2.75, 3.05) is 26.2 Å². The zero-order valence-electron chi connectivity index (χ0n) is 13.9. The first-order chi connectivity index (χ1) is 11.3. The highest BCUT2D eigenvalue weighted by Gasteiger charge is 2.42. The predicted molar refractivity (Wildman–Crippen MR) is 90.4 cm³/mol. The topological polar surface area (TPSA) is 30.3 Å². The minimum Gasteiger partial charge on any atom is -0.368 e. The molecule has 2 aliphatic rings. The van der Waals surface area contributed by atoms with Gasteiger partial charge in [-0.05, 0) is 37.0 Å². The number of nitrogens with zero attached hydrogens (tertiary/aromatic N) is 3. The van der Waals surface area contributed by atoms with E-state index in [-0.39, 0.29) is 5.60 Å². The van der Waals surface area contributed by atoms with Crippen molar-refractivity contribution in [1.82, 2.24) is 14.7 Å². The van der Waals surface area contributed by atoms with E-state index in [4.69, 9.17) is 4.74 Å². The van der Waals surface area contributed by atoms with E-state index in [9.17, 15) is 0 Å². The van der Waals surface area contributed by atoms with Gasteiger partial charge < -0.3 is 4.74 Å². The molecule has 1 saturated heterocycles. The van der Waals surface area contributed by atoms with E-state index in [1.54, 1.807) is 0 Å². The summed E-state index contributed by atoms with van der Waals surface area (Å²) < 4.78 is 8.40. The predicted octanol–water partition coefficient (Wildman–Crippen LogP) is 2.62. The summed E-state index contributed by atoms with van der Waals surface area (Å²) >= 11 is 0. The van der Waals surface area contributed by atoms with Gasteiger partial charge in [0.2, 0.25) is 0 Å². The summed E-state index contributed by atoms with van der Waals surface area (Å²) in [5.41, 5.74) is 4.15. The normalized spacial score (nSPS) is 24.2. The lowest BCUT2D eigenvalue weighted by atomic mass is 9.93. The zero-order valence-corrected chi connectivity index (χ0v) is 13.9. The average molecular weight is 311 g/mol. The highest BCUT2D eigenvalue weighted by atomic mass is 16.5. The largest absolute Gasteiger partial charge is 0.368 e.